The van der Waals surface area contributed by atoms with Gasteiger partial charge in [0, 0.05) is 17.5 Å². The highest BCUT2D eigenvalue weighted by Gasteiger charge is 2.20. The molecule has 3 rings (SSSR count). The molecule has 0 amide bonds. The lowest BCUT2D eigenvalue weighted by molar-refractivity contribution is -0.383. The van der Waals surface area contributed by atoms with Crippen molar-refractivity contribution in [2.45, 2.75) is 0 Å². The van der Waals surface area contributed by atoms with Gasteiger partial charge < -0.3 is 0 Å². The molecule has 0 spiro atoms. The zero-order chi connectivity index (χ0) is 14.3. The van der Waals surface area contributed by atoms with Gasteiger partial charge in [0.05, 0.1) is 20.6 Å². The van der Waals surface area contributed by atoms with Gasteiger partial charge in [-0.05, 0) is 11.5 Å². The van der Waals surface area contributed by atoms with Crippen LogP contribution in [0.25, 0.3) is 21.5 Å². The molecule has 0 saturated carbocycles. The molecule has 20 heavy (non-hydrogen) atoms. The SMILES string of the molecule is O=[N+]([O-])c1cc2cccc([N+](=O)[O-])c2c2ccccc12. The minimum atomic E-state index is -0.472. The van der Waals surface area contributed by atoms with Crippen molar-refractivity contribution in [2.24, 2.45) is 0 Å². The van der Waals surface area contributed by atoms with Crippen LogP contribution in [-0.2, 0) is 0 Å². The molecular formula is C14H8N2O4. The van der Waals surface area contributed by atoms with Crippen molar-refractivity contribution in [3.05, 3.63) is 68.8 Å². The highest BCUT2D eigenvalue weighted by atomic mass is 16.6. The molecule has 0 radical (unpaired) electrons. The first-order chi connectivity index (χ1) is 9.59. The number of hydrogen-bond acceptors (Lipinski definition) is 4. The summed E-state index contributed by atoms with van der Waals surface area (Å²) >= 11 is 0. The standard InChI is InChI=1S/C14H8N2O4/c17-15(18)12-7-3-4-9-8-13(16(19)20)10-5-1-2-6-11(10)14(9)12/h1-8H. The van der Waals surface area contributed by atoms with Crippen molar-refractivity contribution in [2.75, 3.05) is 0 Å². The van der Waals surface area contributed by atoms with Gasteiger partial charge in [-0.1, -0.05) is 30.3 Å². The van der Waals surface area contributed by atoms with Crippen molar-refractivity contribution < 1.29 is 9.85 Å². The smallest absolute Gasteiger partial charge is 0.258 e. The van der Waals surface area contributed by atoms with E-state index in [4.69, 9.17) is 0 Å². The summed E-state index contributed by atoms with van der Waals surface area (Å²) in [5.41, 5.74) is -0.0952. The van der Waals surface area contributed by atoms with Gasteiger partial charge >= 0.3 is 0 Å². The Morgan fingerprint density at radius 3 is 2.05 bits per heavy atom. The number of rotatable bonds is 2. The van der Waals surface area contributed by atoms with Crippen LogP contribution in [-0.4, -0.2) is 9.85 Å². The lowest BCUT2D eigenvalue weighted by Crippen LogP contribution is -1.94. The Morgan fingerprint density at radius 1 is 0.750 bits per heavy atom. The van der Waals surface area contributed by atoms with E-state index >= 15 is 0 Å². The van der Waals surface area contributed by atoms with Gasteiger partial charge in [0.1, 0.15) is 0 Å². The van der Waals surface area contributed by atoms with Gasteiger partial charge in [0.2, 0.25) is 0 Å². The summed E-state index contributed by atoms with van der Waals surface area (Å²) in [7, 11) is 0. The summed E-state index contributed by atoms with van der Waals surface area (Å²) in [5.74, 6) is 0. The first-order valence-electron chi connectivity index (χ1n) is 5.83. The molecule has 0 fully saturated rings. The zero-order valence-electron chi connectivity index (χ0n) is 10.1. The second-order valence-electron chi connectivity index (χ2n) is 4.33. The summed E-state index contributed by atoms with van der Waals surface area (Å²) in [4.78, 5) is 21.4. The molecule has 3 aromatic carbocycles. The maximum Gasteiger partial charge on any atom is 0.277 e. The molecule has 0 aliphatic heterocycles. The van der Waals surface area contributed by atoms with Gasteiger partial charge in [0.15, 0.2) is 0 Å². The van der Waals surface area contributed by atoms with Crippen LogP contribution in [0.4, 0.5) is 11.4 Å². The van der Waals surface area contributed by atoms with Crippen molar-refractivity contribution in [3.63, 3.8) is 0 Å². The van der Waals surface area contributed by atoms with E-state index in [9.17, 15) is 20.2 Å². The second kappa shape index (κ2) is 4.27. The van der Waals surface area contributed by atoms with Gasteiger partial charge in [-0.15, -0.1) is 0 Å². The number of fused-ring (bicyclic) bond motifs is 3. The van der Waals surface area contributed by atoms with Crippen LogP contribution in [0.5, 0.6) is 0 Å². The fraction of sp³-hybridized carbons (Fsp3) is 0. The average molecular weight is 268 g/mol. The lowest BCUT2D eigenvalue weighted by atomic mass is 9.99. The molecule has 0 unspecified atom stereocenters. The molecule has 98 valence electrons. The van der Waals surface area contributed by atoms with E-state index in [1.807, 2.05) is 0 Å². The van der Waals surface area contributed by atoms with Gasteiger partial charge in [-0.25, -0.2) is 0 Å². The number of benzene rings is 3. The first kappa shape index (κ1) is 12.0. The monoisotopic (exact) mass is 268 g/mol. The summed E-state index contributed by atoms with van der Waals surface area (Å²) in [6, 6.07) is 12.6. The van der Waals surface area contributed by atoms with E-state index in [1.54, 1.807) is 30.3 Å². The fourth-order valence-electron chi connectivity index (χ4n) is 2.42. The van der Waals surface area contributed by atoms with E-state index in [2.05, 4.69) is 0 Å². The number of nitro groups is 2. The molecule has 0 saturated heterocycles. The zero-order valence-corrected chi connectivity index (χ0v) is 10.1. The van der Waals surface area contributed by atoms with Gasteiger partial charge in [-0.2, -0.15) is 0 Å². The predicted molar refractivity (Wildman–Crippen MR) is 74.8 cm³/mol. The maximum atomic E-state index is 11.1. The van der Waals surface area contributed by atoms with Crippen LogP contribution in [0.3, 0.4) is 0 Å². The highest BCUT2D eigenvalue weighted by molar-refractivity contribution is 6.15. The minimum Gasteiger partial charge on any atom is -0.258 e. The van der Waals surface area contributed by atoms with E-state index < -0.39 is 9.85 Å². The van der Waals surface area contributed by atoms with Crippen LogP contribution in [0, 0.1) is 20.2 Å². The molecule has 3 aromatic rings. The van der Waals surface area contributed by atoms with Crippen molar-refractivity contribution in [3.8, 4) is 0 Å². The Morgan fingerprint density at radius 2 is 1.40 bits per heavy atom. The molecule has 0 bridgehead atoms. The maximum absolute atomic E-state index is 11.1. The molecule has 6 heteroatoms. The number of hydrogen-bond donors (Lipinski definition) is 0. The lowest BCUT2D eigenvalue weighted by Gasteiger charge is -2.05. The second-order valence-corrected chi connectivity index (χ2v) is 4.33. The molecule has 0 atom stereocenters. The van der Waals surface area contributed by atoms with E-state index in [-0.39, 0.29) is 11.4 Å². The van der Waals surface area contributed by atoms with Crippen molar-refractivity contribution in [1.29, 1.82) is 0 Å². The van der Waals surface area contributed by atoms with Crippen LogP contribution in [0.1, 0.15) is 0 Å². The summed E-state index contributed by atoms with van der Waals surface area (Å²) in [6.45, 7) is 0. The third-order valence-corrected chi connectivity index (χ3v) is 3.23. The largest absolute Gasteiger partial charge is 0.277 e. The highest BCUT2D eigenvalue weighted by Crippen LogP contribution is 2.37. The Hall–Kier alpha value is -3.02. The van der Waals surface area contributed by atoms with E-state index in [0.29, 0.717) is 21.5 Å². The molecule has 0 aliphatic carbocycles. The number of nitrogens with zero attached hydrogens (tertiary/aromatic N) is 2. The molecule has 0 aliphatic rings. The molecular weight excluding hydrogens is 260 g/mol. The van der Waals surface area contributed by atoms with Crippen LogP contribution in [0.15, 0.2) is 48.5 Å². The van der Waals surface area contributed by atoms with Crippen LogP contribution < -0.4 is 0 Å². The third kappa shape index (κ3) is 1.66. The summed E-state index contributed by atoms with van der Waals surface area (Å²) in [6.07, 6.45) is 0. The number of nitro benzene ring substituents is 2. The van der Waals surface area contributed by atoms with Gasteiger partial charge in [0.25, 0.3) is 11.4 Å². The normalized spacial score (nSPS) is 10.8. The topological polar surface area (TPSA) is 86.3 Å². The van der Waals surface area contributed by atoms with Crippen LogP contribution >= 0.6 is 0 Å². The fourth-order valence-corrected chi connectivity index (χ4v) is 2.42. The van der Waals surface area contributed by atoms with Crippen molar-refractivity contribution >= 4 is 32.9 Å². The molecule has 6 nitrogen and oxygen atoms in total. The number of non-ortho nitro benzene ring substituents is 2. The minimum absolute atomic E-state index is 0.0476. The van der Waals surface area contributed by atoms with Crippen molar-refractivity contribution in [1.82, 2.24) is 0 Å². The van der Waals surface area contributed by atoms with Gasteiger partial charge in [-0.3, -0.25) is 20.2 Å². The average Bonchev–Trinajstić information content (AvgIpc) is 2.45. The first-order valence-corrected chi connectivity index (χ1v) is 5.83. The van der Waals surface area contributed by atoms with E-state index in [1.165, 1.54) is 18.2 Å². The quantitative estimate of drug-likeness (QED) is 0.401. The Balaban J connectivity index is 2.61. The molecule has 0 aromatic heterocycles. The Bertz CT molecular complexity index is 862. The summed E-state index contributed by atoms with van der Waals surface area (Å²) < 4.78 is 0. The predicted octanol–water partition coefficient (Wildman–Crippen LogP) is 3.81. The third-order valence-electron chi connectivity index (χ3n) is 3.23. The Kier molecular flexibility index (Phi) is 2.57. The molecule has 0 heterocycles. The van der Waals surface area contributed by atoms with Crippen LogP contribution in [0.2, 0.25) is 0 Å². The van der Waals surface area contributed by atoms with E-state index in [0.717, 1.165) is 0 Å². The Labute approximate surface area is 112 Å². The molecule has 0 N–H and O–H groups in total. The summed E-state index contributed by atoms with van der Waals surface area (Å²) in [5, 5.41) is 24.1.